The number of nitrogens with zero attached hydrogens (tertiary/aromatic N) is 1. The van der Waals surface area contributed by atoms with Gasteiger partial charge in [0.1, 0.15) is 0 Å². The highest BCUT2D eigenvalue weighted by molar-refractivity contribution is 5.97. The van der Waals surface area contributed by atoms with Gasteiger partial charge in [-0.15, -0.1) is 0 Å². The molecule has 100 valence electrons. The predicted octanol–water partition coefficient (Wildman–Crippen LogP) is 3.65. The third-order valence-electron chi connectivity index (χ3n) is 2.91. The van der Waals surface area contributed by atoms with Crippen molar-refractivity contribution in [2.75, 3.05) is 0 Å². The number of benzene rings is 1. The lowest BCUT2D eigenvalue weighted by molar-refractivity contribution is 0.0939. The number of aromatic nitrogens is 1. The van der Waals surface area contributed by atoms with Crippen LogP contribution < -0.4 is 0 Å². The lowest BCUT2D eigenvalue weighted by Gasteiger charge is -2.04. The van der Waals surface area contributed by atoms with Gasteiger partial charge in [0.15, 0.2) is 17.4 Å². The molecule has 2 nitrogen and oxygen atoms in total. The first-order valence-electron chi connectivity index (χ1n) is 6.11. The second-order valence-corrected chi connectivity index (χ2v) is 4.84. The second kappa shape index (κ2) is 5.34. The van der Waals surface area contributed by atoms with Crippen LogP contribution in [0.25, 0.3) is 0 Å². The summed E-state index contributed by atoms with van der Waals surface area (Å²) in [6.45, 7) is 4.09. The summed E-state index contributed by atoms with van der Waals surface area (Å²) in [7, 11) is 0. The van der Waals surface area contributed by atoms with Crippen molar-refractivity contribution in [2.24, 2.45) is 5.92 Å². The SMILES string of the molecule is CC(C)C(=O)c1ccn(Cc2ccc(F)c(F)c2)c1. The largest absolute Gasteiger partial charge is 0.349 e. The molecule has 1 aromatic heterocycles. The number of carbonyl (C=O) groups is 1. The van der Waals surface area contributed by atoms with Gasteiger partial charge in [-0.2, -0.15) is 0 Å². The summed E-state index contributed by atoms with van der Waals surface area (Å²) >= 11 is 0. The first-order valence-corrected chi connectivity index (χ1v) is 6.11. The first kappa shape index (κ1) is 13.5. The van der Waals surface area contributed by atoms with Gasteiger partial charge in [0.25, 0.3) is 0 Å². The van der Waals surface area contributed by atoms with E-state index in [0.717, 1.165) is 6.07 Å². The van der Waals surface area contributed by atoms with Gasteiger partial charge in [0, 0.05) is 30.4 Å². The smallest absolute Gasteiger partial charge is 0.166 e. The molecule has 19 heavy (non-hydrogen) atoms. The average Bonchev–Trinajstić information content (AvgIpc) is 2.81. The molecule has 0 atom stereocenters. The Hall–Kier alpha value is -1.97. The van der Waals surface area contributed by atoms with Crippen LogP contribution >= 0.6 is 0 Å². The molecule has 0 saturated heterocycles. The van der Waals surface area contributed by atoms with E-state index in [2.05, 4.69) is 0 Å². The fourth-order valence-corrected chi connectivity index (χ4v) is 1.87. The quantitative estimate of drug-likeness (QED) is 0.772. The highest BCUT2D eigenvalue weighted by Gasteiger charge is 2.11. The zero-order chi connectivity index (χ0) is 14.0. The molecule has 0 aliphatic heterocycles. The summed E-state index contributed by atoms with van der Waals surface area (Å²) in [5, 5.41) is 0. The maximum Gasteiger partial charge on any atom is 0.166 e. The summed E-state index contributed by atoms with van der Waals surface area (Å²) in [5.41, 5.74) is 1.29. The Kier molecular flexibility index (Phi) is 3.79. The van der Waals surface area contributed by atoms with E-state index in [1.54, 1.807) is 23.0 Å². The van der Waals surface area contributed by atoms with E-state index in [9.17, 15) is 13.6 Å². The number of hydrogen-bond donors (Lipinski definition) is 0. The molecule has 2 aromatic rings. The minimum atomic E-state index is -0.858. The number of hydrogen-bond acceptors (Lipinski definition) is 1. The summed E-state index contributed by atoms with van der Waals surface area (Å²) in [5.74, 6) is -1.70. The van der Waals surface area contributed by atoms with Crippen LogP contribution in [-0.2, 0) is 6.54 Å². The van der Waals surface area contributed by atoms with Crippen molar-refractivity contribution < 1.29 is 13.6 Å². The maximum absolute atomic E-state index is 13.1. The molecule has 4 heteroatoms. The predicted molar refractivity (Wildman–Crippen MR) is 69.1 cm³/mol. The van der Waals surface area contributed by atoms with Gasteiger partial charge >= 0.3 is 0 Å². The van der Waals surface area contributed by atoms with E-state index in [0.29, 0.717) is 17.7 Å². The van der Waals surface area contributed by atoms with Gasteiger partial charge in [-0.25, -0.2) is 8.78 Å². The minimum absolute atomic E-state index is 0.0564. The van der Waals surface area contributed by atoms with Crippen LogP contribution in [0.15, 0.2) is 36.7 Å². The van der Waals surface area contributed by atoms with E-state index in [4.69, 9.17) is 0 Å². The van der Waals surface area contributed by atoms with Crippen molar-refractivity contribution in [3.8, 4) is 0 Å². The molecular formula is C15H15F2NO. The number of carbonyl (C=O) groups excluding carboxylic acids is 1. The van der Waals surface area contributed by atoms with Crippen molar-refractivity contribution in [3.05, 3.63) is 59.4 Å². The topological polar surface area (TPSA) is 22.0 Å². The molecule has 0 fully saturated rings. The zero-order valence-electron chi connectivity index (χ0n) is 10.9. The van der Waals surface area contributed by atoms with E-state index >= 15 is 0 Å². The molecule has 0 N–H and O–H groups in total. The zero-order valence-corrected chi connectivity index (χ0v) is 10.9. The molecule has 2 rings (SSSR count). The van der Waals surface area contributed by atoms with Crippen LogP contribution in [0, 0.1) is 17.6 Å². The summed E-state index contributed by atoms with van der Waals surface area (Å²) in [6.07, 6.45) is 3.49. The lowest BCUT2D eigenvalue weighted by atomic mass is 10.0. The van der Waals surface area contributed by atoms with Crippen molar-refractivity contribution in [1.82, 2.24) is 4.57 Å². The summed E-state index contributed by atoms with van der Waals surface area (Å²) in [4.78, 5) is 11.8. The fraction of sp³-hybridized carbons (Fsp3) is 0.267. The first-order chi connectivity index (χ1) is 8.97. The minimum Gasteiger partial charge on any atom is -0.349 e. The van der Waals surface area contributed by atoms with E-state index in [-0.39, 0.29) is 11.7 Å². The Morgan fingerprint density at radius 3 is 2.58 bits per heavy atom. The summed E-state index contributed by atoms with van der Waals surface area (Å²) in [6, 6.07) is 5.54. The van der Waals surface area contributed by atoms with Crippen LogP contribution in [-0.4, -0.2) is 10.4 Å². The molecule has 0 spiro atoms. The van der Waals surface area contributed by atoms with Gasteiger partial charge in [-0.3, -0.25) is 4.79 Å². The van der Waals surface area contributed by atoms with E-state index in [1.165, 1.54) is 12.1 Å². The number of Topliss-reactive ketones (excluding diaryl/α,β-unsaturated/α-hetero) is 1. The molecule has 0 aliphatic carbocycles. The Balaban J connectivity index is 2.15. The van der Waals surface area contributed by atoms with Crippen LogP contribution in [0.1, 0.15) is 29.8 Å². The van der Waals surface area contributed by atoms with Crippen molar-refractivity contribution >= 4 is 5.78 Å². The van der Waals surface area contributed by atoms with Crippen molar-refractivity contribution in [2.45, 2.75) is 20.4 Å². The second-order valence-electron chi connectivity index (χ2n) is 4.84. The van der Waals surface area contributed by atoms with Crippen molar-refractivity contribution in [1.29, 1.82) is 0 Å². The van der Waals surface area contributed by atoms with E-state index in [1.807, 2.05) is 13.8 Å². The highest BCUT2D eigenvalue weighted by atomic mass is 19.2. The molecular weight excluding hydrogens is 248 g/mol. The Morgan fingerprint density at radius 1 is 1.21 bits per heavy atom. The molecule has 0 aliphatic rings. The fourth-order valence-electron chi connectivity index (χ4n) is 1.87. The van der Waals surface area contributed by atoms with Crippen LogP contribution in [0.4, 0.5) is 8.78 Å². The molecule has 0 unspecified atom stereocenters. The normalized spacial score (nSPS) is 11.0. The monoisotopic (exact) mass is 263 g/mol. The third-order valence-corrected chi connectivity index (χ3v) is 2.91. The van der Waals surface area contributed by atoms with Crippen LogP contribution in [0.2, 0.25) is 0 Å². The van der Waals surface area contributed by atoms with Crippen molar-refractivity contribution in [3.63, 3.8) is 0 Å². The molecule has 0 bridgehead atoms. The lowest BCUT2D eigenvalue weighted by Crippen LogP contribution is -2.06. The molecule has 1 aromatic carbocycles. The van der Waals surface area contributed by atoms with Gasteiger partial charge in [0.2, 0.25) is 0 Å². The van der Waals surface area contributed by atoms with Gasteiger partial charge < -0.3 is 4.57 Å². The third kappa shape index (κ3) is 3.08. The van der Waals surface area contributed by atoms with Gasteiger partial charge in [0.05, 0.1) is 0 Å². The molecule has 1 heterocycles. The van der Waals surface area contributed by atoms with Gasteiger partial charge in [-0.1, -0.05) is 19.9 Å². The Bertz CT molecular complexity index is 602. The average molecular weight is 263 g/mol. The van der Waals surface area contributed by atoms with Gasteiger partial charge in [-0.05, 0) is 23.8 Å². The molecule has 0 radical (unpaired) electrons. The number of ketones is 1. The van der Waals surface area contributed by atoms with E-state index < -0.39 is 11.6 Å². The molecule has 0 saturated carbocycles. The highest BCUT2D eigenvalue weighted by Crippen LogP contribution is 2.13. The van der Waals surface area contributed by atoms with Crippen LogP contribution in [0.5, 0.6) is 0 Å². The maximum atomic E-state index is 13.1. The number of rotatable bonds is 4. The summed E-state index contributed by atoms with van der Waals surface area (Å²) < 4.78 is 27.7. The Labute approximate surface area is 110 Å². The van der Waals surface area contributed by atoms with Crippen LogP contribution in [0.3, 0.4) is 0 Å². The Morgan fingerprint density at radius 2 is 1.95 bits per heavy atom. The standard InChI is InChI=1S/C15H15F2NO/c1-10(2)15(19)12-5-6-18(9-12)8-11-3-4-13(16)14(17)7-11/h3-7,9-10H,8H2,1-2H3. The molecule has 0 amide bonds. The number of halogens is 2.